The molecule has 2 aromatic rings. The number of nitrogen functional groups attached to an aromatic ring is 1. The largest absolute Gasteiger partial charge is 0.383 e. The van der Waals surface area contributed by atoms with Crippen LogP contribution in [0.15, 0.2) is 18.3 Å². The summed E-state index contributed by atoms with van der Waals surface area (Å²) in [4.78, 5) is 4.13. The molecular weight excluding hydrogens is 186 g/mol. The lowest BCUT2D eigenvalue weighted by Gasteiger charge is -2.04. The molecule has 0 aromatic carbocycles. The molecule has 0 bridgehead atoms. The Morgan fingerprint density at radius 2 is 2.31 bits per heavy atom. The molecule has 0 aliphatic heterocycles. The van der Waals surface area contributed by atoms with Gasteiger partial charge in [0, 0.05) is 5.69 Å². The van der Waals surface area contributed by atoms with Gasteiger partial charge in [0.2, 0.25) is 0 Å². The highest BCUT2D eigenvalue weighted by molar-refractivity contribution is 6.33. The van der Waals surface area contributed by atoms with Crippen molar-refractivity contribution in [2.45, 2.75) is 13.3 Å². The average molecular weight is 196 g/mol. The van der Waals surface area contributed by atoms with Gasteiger partial charge >= 0.3 is 0 Å². The van der Waals surface area contributed by atoms with Crippen LogP contribution in [0.2, 0.25) is 5.02 Å². The summed E-state index contributed by atoms with van der Waals surface area (Å²) in [6.45, 7) is 2.07. The molecule has 2 rings (SSSR count). The maximum atomic E-state index is 5.96. The smallest absolute Gasteiger partial charge is 0.157 e. The number of imidazole rings is 1. The number of hydrogen-bond donors (Lipinski definition) is 1. The van der Waals surface area contributed by atoms with Gasteiger partial charge in [-0.1, -0.05) is 18.5 Å². The van der Waals surface area contributed by atoms with Gasteiger partial charge in [0.25, 0.3) is 0 Å². The molecular formula is C9H10ClN3. The van der Waals surface area contributed by atoms with Gasteiger partial charge in [-0.15, -0.1) is 0 Å². The van der Waals surface area contributed by atoms with Gasteiger partial charge in [-0.25, -0.2) is 4.98 Å². The molecule has 0 aliphatic rings. The number of nitrogens with two attached hydrogens (primary N) is 1. The second-order valence-corrected chi connectivity index (χ2v) is 3.28. The summed E-state index contributed by atoms with van der Waals surface area (Å²) in [5.41, 5.74) is 7.62. The maximum absolute atomic E-state index is 5.96. The van der Waals surface area contributed by atoms with E-state index in [9.17, 15) is 0 Å². The van der Waals surface area contributed by atoms with Crippen LogP contribution in [0.1, 0.15) is 12.6 Å². The summed E-state index contributed by atoms with van der Waals surface area (Å²) in [7, 11) is 0. The first-order valence-corrected chi connectivity index (χ1v) is 4.52. The van der Waals surface area contributed by atoms with Crippen molar-refractivity contribution in [1.82, 2.24) is 9.38 Å². The van der Waals surface area contributed by atoms with Crippen molar-refractivity contribution < 1.29 is 0 Å². The topological polar surface area (TPSA) is 43.3 Å². The highest BCUT2D eigenvalue weighted by atomic mass is 35.5. The van der Waals surface area contributed by atoms with E-state index < -0.39 is 0 Å². The molecule has 0 saturated carbocycles. The number of aromatic nitrogens is 2. The summed E-state index contributed by atoms with van der Waals surface area (Å²) >= 11 is 5.96. The van der Waals surface area contributed by atoms with Crippen molar-refractivity contribution in [2.24, 2.45) is 0 Å². The summed E-state index contributed by atoms with van der Waals surface area (Å²) in [6.07, 6.45) is 2.54. The molecule has 3 nitrogen and oxygen atoms in total. The third-order valence-electron chi connectivity index (χ3n) is 2.07. The number of halogens is 1. The first kappa shape index (κ1) is 8.38. The van der Waals surface area contributed by atoms with Crippen LogP contribution in [-0.4, -0.2) is 9.38 Å². The molecule has 13 heavy (non-hydrogen) atoms. The van der Waals surface area contributed by atoms with Gasteiger partial charge < -0.3 is 5.73 Å². The van der Waals surface area contributed by atoms with Gasteiger partial charge in [0.15, 0.2) is 5.65 Å². The van der Waals surface area contributed by atoms with Crippen molar-refractivity contribution >= 4 is 23.1 Å². The van der Waals surface area contributed by atoms with E-state index in [4.69, 9.17) is 17.3 Å². The molecule has 0 unspecified atom stereocenters. The second-order valence-electron chi connectivity index (χ2n) is 2.87. The predicted octanol–water partition coefficient (Wildman–Crippen LogP) is 2.13. The van der Waals surface area contributed by atoms with Gasteiger partial charge in [-0.05, 0) is 18.6 Å². The maximum Gasteiger partial charge on any atom is 0.157 e. The van der Waals surface area contributed by atoms with Gasteiger partial charge in [-0.2, -0.15) is 0 Å². The van der Waals surface area contributed by atoms with Crippen LogP contribution >= 0.6 is 11.6 Å². The monoisotopic (exact) mass is 195 g/mol. The minimum atomic E-state index is 0.633. The van der Waals surface area contributed by atoms with Crippen LogP contribution in [0.4, 0.5) is 5.82 Å². The van der Waals surface area contributed by atoms with Crippen LogP contribution in [0.3, 0.4) is 0 Å². The minimum absolute atomic E-state index is 0.633. The van der Waals surface area contributed by atoms with E-state index in [1.54, 1.807) is 6.20 Å². The van der Waals surface area contributed by atoms with E-state index in [-0.39, 0.29) is 0 Å². The van der Waals surface area contributed by atoms with Crippen molar-refractivity contribution in [3.63, 3.8) is 0 Å². The molecule has 2 aromatic heterocycles. The first-order valence-electron chi connectivity index (χ1n) is 4.14. The van der Waals surface area contributed by atoms with E-state index in [1.807, 2.05) is 16.5 Å². The van der Waals surface area contributed by atoms with Crippen molar-refractivity contribution in [2.75, 3.05) is 5.73 Å². The lowest BCUT2D eigenvalue weighted by Crippen LogP contribution is -1.99. The van der Waals surface area contributed by atoms with Crippen molar-refractivity contribution in [1.29, 1.82) is 0 Å². The highest BCUT2D eigenvalue weighted by Crippen LogP contribution is 2.20. The second kappa shape index (κ2) is 2.92. The molecule has 68 valence electrons. The fraction of sp³-hybridized carbons (Fsp3) is 0.222. The lowest BCUT2D eigenvalue weighted by molar-refractivity contribution is 0.986. The van der Waals surface area contributed by atoms with Crippen LogP contribution in [0.25, 0.3) is 5.65 Å². The Hall–Kier alpha value is -1.22. The zero-order valence-electron chi connectivity index (χ0n) is 7.29. The Morgan fingerprint density at radius 3 is 3.00 bits per heavy atom. The Morgan fingerprint density at radius 1 is 1.54 bits per heavy atom. The molecule has 4 heteroatoms. The Bertz CT molecular complexity index is 447. The van der Waals surface area contributed by atoms with Crippen LogP contribution < -0.4 is 5.73 Å². The van der Waals surface area contributed by atoms with Crippen molar-refractivity contribution in [3.05, 3.63) is 29.0 Å². The van der Waals surface area contributed by atoms with Crippen LogP contribution in [0, 0.1) is 0 Å². The first-order chi connectivity index (χ1) is 6.24. The van der Waals surface area contributed by atoms with Gasteiger partial charge in [0.1, 0.15) is 5.82 Å². The third kappa shape index (κ3) is 1.16. The molecule has 0 fully saturated rings. The quantitative estimate of drug-likeness (QED) is 0.758. The fourth-order valence-corrected chi connectivity index (χ4v) is 1.63. The van der Waals surface area contributed by atoms with Gasteiger partial charge in [0.05, 0.1) is 11.2 Å². The Labute approximate surface area is 81.1 Å². The van der Waals surface area contributed by atoms with E-state index in [0.717, 1.165) is 17.8 Å². The predicted molar refractivity (Wildman–Crippen MR) is 54.0 cm³/mol. The fourth-order valence-electron chi connectivity index (χ4n) is 1.43. The van der Waals surface area contributed by atoms with Crippen molar-refractivity contribution in [3.8, 4) is 0 Å². The van der Waals surface area contributed by atoms with Crippen LogP contribution in [-0.2, 0) is 6.42 Å². The van der Waals surface area contributed by atoms with E-state index in [0.29, 0.717) is 10.8 Å². The number of aryl methyl sites for hydroxylation is 1. The molecule has 2 N–H and O–H groups in total. The van der Waals surface area contributed by atoms with E-state index >= 15 is 0 Å². The third-order valence-corrected chi connectivity index (χ3v) is 2.37. The summed E-state index contributed by atoms with van der Waals surface area (Å²) in [5.74, 6) is 0.634. The molecule has 0 spiro atoms. The number of fused-ring (bicyclic) bond motifs is 1. The number of pyridine rings is 1. The Balaban J connectivity index is 2.88. The van der Waals surface area contributed by atoms with Crippen LogP contribution in [0.5, 0.6) is 0 Å². The normalized spacial score (nSPS) is 10.9. The SMILES string of the molecule is CCc1ccc(Cl)c2ncc(N)n12. The highest BCUT2D eigenvalue weighted by Gasteiger charge is 2.06. The zero-order chi connectivity index (χ0) is 9.42. The summed E-state index contributed by atoms with van der Waals surface area (Å²) < 4.78 is 1.88. The summed E-state index contributed by atoms with van der Waals surface area (Å²) in [6, 6.07) is 3.82. The standard InChI is InChI=1S/C9H10ClN3/c1-2-6-3-4-7(10)9-12-5-8(11)13(6)9/h3-5H,2,11H2,1H3. The van der Waals surface area contributed by atoms with E-state index in [1.165, 1.54) is 0 Å². The lowest BCUT2D eigenvalue weighted by atomic mass is 10.3. The number of hydrogen-bond acceptors (Lipinski definition) is 2. The molecule has 0 saturated heterocycles. The summed E-state index contributed by atoms with van der Waals surface area (Å²) in [5, 5.41) is 0.633. The van der Waals surface area contributed by atoms with E-state index in [2.05, 4.69) is 11.9 Å². The molecule has 0 amide bonds. The molecule has 0 aliphatic carbocycles. The molecule has 2 heterocycles. The molecule has 0 atom stereocenters. The molecule has 0 radical (unpaired) electrons. The zero-order valence-corrected chi connectivity index (χ0v) is 8.04. The Kier molecular flexibility index (Phi) is 1.88. The average Bonchev–Trinajstić information content (AvgIpc) is 2.51. The minimum Gasteiger partial charge on any atom is -0.383 e. The number of anilines is 1. The van der Waals surface area contributed by atoms with Gasteiger partial charge in [-0.3, -0.25) is 4.40 Å². The number of nitrogens with zero attached hydrogens (tertiary/aromatic N) is 2. The number of rotatable bonds is 1.